The van der Waals surface area contributed by atoms with E-state index >= 15 is 0 Å². The Morgan fingerprint density at radius 3 is 2.14 bits per heavy atom. The molecule has 1 aliphatic heterocycles. The van der Waals surface area contributed by atoms with Gasteiger partial charge in [-0.05, 0) is 74.2 Å². The molecule has 2 N–H and O–H groups in total. The van der Waals surface area contributed by atoms with Gasteiger partial charge in [-0.15, -0.1) is 0 Å². The van der Waals surface area contributed by atoms with Crippen LogP contribution in [-0.2, 0) is 14.4 Å². The molecule has 1 aliphatic rings. The van der Waals surface area contributed by atoms with Gasteiger partial charge < -0.3 is 10.5 Å². The number of benzene rings is 2. The van der Waals surface area contributed by atoms with Crippen LogP contribution < -0.4 is 10.2 Å². The van der Waals surface area contributed by atoms with Crippen LogP contribution in [0, 0.1) is 33.6 Å². The molecule has 2 aromatic rings. The fraction of sp³-hybridized carbons (Fsp3) is 0.238. The highest BCUT2D eigenvalue weighted by atomic mass is 16.4. The molecular formula is C21H21N3O4. The van der Waals surface area contributed by atoms with Crippen molar-refractivity contribution in [3.8, 4) is 0 Å². The standard InChI is InChI=1S/C21H21N3O4/c1-11-5-7-15(9-13(11)3)22-19(25)17-18(23-28)21(27)24(20(17)26)16-8-6-12(2)14(4)10-16/h5-10,17,28H,1-4H3,(H,22,25)/b23-18+/t17-/m0/s1. The summed E-state index contributed by atoms with van der Waals surface area (Å²) in [5.41, 5.74) is 4.26. The third-order valence-corrected chi connectivity index (χ3v) is 5.06. The van der Waals surface area contributed by atoms with Crippen LogP contribution >= 0.6 is 0 Å². The second-order valence-corrected chi connectivity index (χ2v) is 6.95. The van der Waals surface area contributed by atoms with E-state index in [9.17, 15) is 19.6 Å². The maximum Gasteiger partial charge on any atom is 0.284 e. The van der Waals surface area contributed by atoms with E-state index in [4.69, 9.17) is 0 Å². The molecule has 0 unspecified atom stereocenters. The van der Waals surface area contributed by atoms with Gasteiger partial charge in [-0.3, -0.25) is 14.4 Å². The summed E-state index contributed by atoms with van der Waals surface area (Å²) in [5.74, 6) is -3.79. The van der Waals surface area contributed by atoms with Crippen LogP contribution in [0.25, 0.3) is 0 Å². The molecule has 3 rings (SSSR count). The quantitative estimate of drug-likeness (QED) is 0.371. The average molecular weight is 379 g/mol. The average Bonchev–Trinajstić information content (AvgIpc) is 2.90. The number of hydrogen-bond donors (Lipinski definition) is 2. The summed E-state index contributed by atoms with van der Waals surface area (Å²) >= 11 is 0. The minimum Gasteiger partial charge on any atom is -0.410 e. The van der Waals surface area contributed by atoms with E-state index < -0.39 is 29.4 Å². The molecular weight excluding hydrogens is 358 g/mol. The van der Waals surface area contributed by atoms with Gasteiger partial charge in [0, 0.05) is 5.69 Å². The van der Waals surface area contributed by atoms with Gasteiger partial charge in [0.1, 0.15) is 0 Å². The topological polar surface area (TPSA) is 99.1 Å². The number of nitrogens with zero attached hydrogens (tertiary/aromatic N) is 2. The van der Waals surface area contributed by atoms with Crippen LogP contribution in [0.4, 0.5) is 11.4 Å². The predicted octanol–water partition coefficient (Wildman–Crippen LogP) is 2.88. The Balaban J connectivity index is 1.93. The number of amides is 3. The van der Waals surface area contributed by atoms with Gasteiger partial charge in [-0.2, -0.15) is 0 Å². The zero-order valence-corrected chi connectivity index (χ0v) is 16.1. The van der Waals surface area contributed by atoms with Crippen LogP contribution in [0.5, 0.6) is 0 Å². The SMILES string of the molecule is Cc1ccc(NC(=O)[C@H]2C(=O)N(c3ccc(C)c(C)c3)C(=O)/C2=N/O)cc1C. The van der Waals surface area contributed by atoms with Gasteiger partial charge in [-0.25, -0.2) is 4.90 Å². The van der Waals surface area contributed by atoms with Gasteiger partial charge >= 0.3 is 0 Å². The first-order valence-corrected chi connectivity index (χ1v) is 8.80. The van der Waals surface area contributed by atoms with Gasteiger partial charge in [-0.1, -0.05) is 17.3 Å². The summed E-state index contributed by atoms with van der Waals surface area (Å²) in [5, 5.41) is 14.9. The maximum absolute atomic E-state index is 12.9. The maximum atomic E-state index is 12.9. The molecule has 0 saturated carbocycles. The summed E-state index contributed by atoms with van der Waals surface area (Å²) in [6, 6.07) is 10.4. The van der Waals surface area contributed by atoms with E-state index in [1.165, 1.54) is 0 Å². The summed E-state index contributed by atoms with van der Waals surface area (Å²) in [6.45, 7) is 7.61. The lowest BCUT2D eigenvalue weighted by Crippen LogP contribution is -2.34. The Bertz CT molecular complexity index is 1030. The highest BCUT2D eigenvalue weighted by Gasteiger charge is 2.50. The van der Waals surface area contributed by atoms with Crippen molar-refractivity contribution in [2.24, 2.45) is 11.1 Å². The smallest absolute Gasteiger partial charge is 0.284 e. The number of aryl methyl sites for hydroxylation is 4. The molecule has 28 heavy (non-hydrogen) atoms. The van der Waals surface area contributed by atoms with Gasteiger partial charge in [0.25, 0.3) is 11.8 Å². The predicted molar refractivity (Wildman–Crippen MR) is 106 cm³/mol. The molecule has 7 nitrogen and oxygen atoms in total. The van der Waals surface area contributed by atoms with Crippen molar-refractivity contribution in [3.63, 3.8) is 0 Å². The van der Waals surface area contributed by atoms with Crippen molar-refractivity contribution in [1.29, 1.82) is 0 Å². The normalized spacial score (nSPS) is 18.1. The van der Waals surface area contributed by atoms with E-state index in [1.54, 1.807) is 30.3 Å². The van der Waals surface area contributed by atoms with E-state index in [-0.39, 0.29) is 0 Å². The zero-order valence-electron chi connectivity index (χ0n) is 16.1. The second-order valence-electron chi connectivity index (χ2n) is 6.95. The number of hydrogen-bond acceptors (Lipinski definition) is 5. The van der Waals surface area contributed by atoms with Gasteiger partial charge in [0.2, 0.25) is 5.91 Å². The third-order valence-electron chi connectivity index (χ3n) is 5.06. The van der Waals surface area contributed by atoms with E-state index in [1.807, 2.05) is 33.8 Å². The Labute approximate surface area is 162 Å². The number of rotatable bonds is 3. The largest absolute Gasteiger partial charge is 0.410 e. The Hall–Kier alpha value is -3.48. The highest BCUT2D eigenvalue weighted by molar-refractivity contribution is 6.61. The Kier molecular flexibility index (Phi) is 5.00. The number of carbonyl (C=O) groups excluding carboxylic acids is 3. The van der Waals surface area contributed by atoms with Crippen LogP contribution in [0.2, 0.25) is 0 Å². The van der Waals surface area contributed by atoms with E-state index in [0.717, 1.165) is 27.2 Å². The van der Waals surface area contributed by atoms with Crippen molar-refractivity contribution in [1.82, 2.24) is 0 Å². The molecule has 1 heterocycles. The molecule has 3 amide bonds. The molecule has 0 radical (unpaired) electrons. The van der Waals surface area contributed by atoms with E-state index in [2.05, 4.69) is 10.5 Å². The summed E-state index contributed by atoms with van der Waals surface area (Å²) < 4.78 is 0. The second kappa shape index (κ2) is 7.26. The number of imide groups is 1. The first-order chi connectivity index (χ1) is 13.2. The Morgan fingerprint density at radius 2 is 1.57 bits per heavy atom. The minimum atomic E-state index is -1.51. The molecule has 1 fully saturated rings. The number of carbonyl (C=O) groups is 3. The number of oxime groups is 1. The highest BCUT2D eigenvalue weighted by Crippen LogP contribution is 2.28. The lowest BCUT2D eigenvalue weighted by molar-refractivity contribution is -0.127. The zero-order chi connectivity index (χ0) is 20.6. The van der Waals surface area contributed by atoms with Crippen molar-refractivity contribution in [2.75, 3.05) is 10.2 Å². The molecule has 144 valence electrons. The van der Waals surface area contributed by atoms with Gasteiger partial charge in [0.05, 0.1) is 5.69 Å². The Morgan fingerprint density at radius 1 is 0.964 bits per heavy atom. The van der Waals surface area contributed by atoms with Crippen molar-refractivity contribution in [2.45, 2.75) is 27.7 Å². The van der Waals surface area contributed by atoms with Gasteiger partial charge in [0.15, 0.2) is 11.6 Å². The van der Waals surface area contributed by atoms with Crippen LogP contribution in [0.1, 0.15) is 22.3 Å². The number of anilines is 2. The fourth-order valence-electron chi connectivity index (χ4n) is 3.06. The molecule has 1 saturated heterocycles. The number of nitrogens with one attached hydrogen (secondary N) is 1. The lowest BCUT2D eigenvalue weighted by Gasteiger charge is -2.15. The molecule has 7 heteroatoms. The first kappa shape index (κ1) is 19.3. The summed E-state index contributed by atoms with van der Waals surface area (Å²) in [7, 11) is 0. The first-order valence-electron chi connectivity index (χ1n) is 8.80. The van der Waals surface area contributed by atoms with Crippen molar-refractivity contribution in [3.05, 3.63) is 58.7 Å². The fourth-order valence-corrected chi connectivity index (χ4v) is 3.06. The van der Waals surface area contributed by atoms with Crippen LogP contribution in [0.15, 0.2) is 41.6 Å². The van der Waals surface area contributed by atoms with Crippen LogP contribution in [0.3, 0.4) is 0 Å². The molecule has 0 aromatic heterocycles. The monoisotopic (exact) mass is 379 g/mol. The van der Waals surface area contributed by atoms with E-state index in [0.29, 0.717) is 11.4 Å². The third kappa shape index (κ3) is 3.26. The van der Waals surface area contributed by atoms with Crippen molar-refractivity contribution >= 4 is 34.8 Å². The summed E-state index contributed by atoms with van der Waals surface area (Å²) in [6.07, 6.45) is 0. The molecule has 1 atom stereocenters. The summed E-state index contributed by atoms with van der Waals surface area (Å²) in [4.78, 5) is 39.1. The van der Waals surface area contributed by atoms with Crippen LogP contribution in [-0.4, -0.2) is 28.6 Å². The molecule has 0 aliphatic carbocycles. The molecule has 2 aromatic carbocycles. The molecule has 0 spiro atoms. The van der Waals surface area contributed by atoms with Crippen molar-refractivity contribution < 1.29 is 19.6 Å². The lowest BCUT2D eigenvalue weighted by atomic mass is 10.0. The molecule has 0 bridgehead atoms. The minimum absolute atomic E-state index is 0.334.